The molecule has 1 aromatic heterocycles. The Morgan fingerprint density at radius 1 is 1.06 bits per heavy atom. The van der Waals surface area contributed by atoms with Crippen molar-refractivity contribution in [3.05, 3.63) is 72.7 Å². The van der Waals surface area contributed by atoms with E-state index >= 15 is 4.39 Å². The quantitative estimate of drug-likeness (QED) is 0.314. The molecule has 6 nitrogen and oxygen atoms in total. The van der Waals surface area contributed by atoms with Crippen molar-refractivity contribution in [1.29, 1.82) is 0 Å². The highest BCUT2D eigenvalue weighted by Gasteiger charge is 2.38. The van der Waals surface area contributed by atoms with Gasteiger partial charge in [-0.05, 0) is 40.6 Å². The van der Waals surface area contributed by atoms with E-state index in [0.717, 1.165) is 12.1 Å². The molecule has 4 aromatic rings. The number of piperazine rings is 1. The van der Waals surface area contributed by atoms with Crippen molar-refractivity contribution in [2.24, 2.45) is 0 Å². The van der Waals surface area contributed by atoms with Crippen molar-refractivity contribution in [3.8, 4) is 16.9 Å². The Hall–Kier alpha value is -4.21. The fraction of sp³-hybridized carbons (Fsp3) is 0.192. The maximum atomic E-state index is 16.0. The molecule has 1 fully saturated rings. The van der Waals surface area contributed by atoms with Gasteiger partial charge in [0.25, 0.3) is 0 Å². The van der Waals surface area contributed by atoms with E-state index in [1.54, 1.807) is 34.1 Å². The number of anilines is 1. The van der Waals surface area contributed by atoms with Crippen LogP contribution in [0.3, 0.4) is 0 Å². The first-order valence-corrected chi connectivity index (χ1v) is 11.1. The van der Waals surface area contributed by atoms with Gasteiger partial charge in [-0.1, -0.05) is 30.8 Å². The summed E-state index contributed by atoms with van der Waals surface area (Å²) in [5.41, 5.74) is -2.00. The lowest BCUT2D eigenvalue weighted by atomic mass is 9.91. The predicted molar refractivity (Wildman–Crippen MR) is 128 cm³/mol. The molecule has 1 amide bonds. The molecule has 36 heavy (non-hydrogen) atoms. The van der Waals surface area contributed by atoms with E-state index in [1.807, 2.05) is 0 Å². The zero-order valence-corrected chi connectivity index (χ0v) is 18.9. The normalized spacial score (nSPS) is 14.4. The van der Waals surface area contributed by atoms with Gasteiger partial charge >= 0.3 is 6.18 Å². The molecule has 184 valence electrons. The Balaban J connectivity index is 1.72. The van der Waals surface area contributed by atoms with Crippen molar-refractivity contribution < 1.29 is 27.5 Å². The van der Waals surface area contributed by atoms with E-state index in [1.165, 1.54) is 18.3 Å². The molecule has 0 unspecified atom stereocenters. The average Bonchev–Trinajstić information content (AvgIpc) is 2.87. The Morgan fingerprint density at radius 3 is 2.47 bits per heavy atom. The molecule has 1 saturated heterocycles. The van der Waals surface area contributed by atoms with Crippen LogP contribution in [0.4, 0.5) is 23.2 Å². The number of hydrogen-bond donors (Lipinski definition) is 1. The molecule has 0 bridgehead atoms. The number of aromatic hydroxyl groups is 1. The molecule has 0 spiro atoms. The third-order valence-corrected chi connectivity index (χ3v) is 6.38. The van der Waals surface area contributed by atoms with Crippen LogP contribution in [-0.4, -0.2) is 52.3 Å². The van der Waals surface area contributed by atoms with E-state index < -0.39 is 23.1 Å². The zero-order valence-electron chi connectivity index (χ0n) is 18.9. The van der Waals surface area contributed by atoms with Gasteiger partial charge in [0.1, 0.15) is 11.3 Å². The zero-order chi connectivity index (χ0) is 25.6. The first-order chi connectivity index (χ1) is 17.2. The highest BCUT2D eigenvalue weighted by molar-refractivity contribution is 6.02. The van der Waals surface area contributed by atoms with Gasteiger partial charge in [0, 0.05) is 37.1 Å². The van der Waals surface area contributed by atoms with Crippen molar-refractivity contribution in [2.75, 3.05) is 31.1 Å². The van der Waals surface area contributed by atoms with Crippen LogP contribution in [0.25, 0.3) is 32.8 Å². The smallest absolute Gasteiger partial charge is 0.417 e. The molecule has 2 heterocycles. The molecular formula is C26H20F4N4O2. The summed E-state index contributed by atoms with van der Waals surface area (Å²) >= 11 is 0. The van der Waals surface area contributed by atoms with Gasteiger partial charge in [0.2, 0.25) is 5.91 Å². The van der Waals surface area contributed by atoms with Gasteiger partial charge in [-0.15, -0.1) is 5.10 Å². The van der Waals surface area contributed by atoms with E-state index in [2.05, 4.69) is 16.8 Å². The number of phenols is 1. The van der Waals surface area contributed by atoms with Crippen LogP contribution < -0.4 is 4.90 Å². The Labute approximate surface area is 203 Å². The van der Waals surface area contributed by atoms with Gasteiger partial charge in [-0.25, -0.2) is 4.39 Å². The standard InChI is InChI=1S/C26H20F4N4O2/c1-2-22(36)34-9-7-33(8-10-34)21-14-31-32-25-19(21)13-20(26(28,29)30)23(24(25)27)18-12-16(35)11-15-5-3-4-6-17(15)18/h2-6,11-14,35H,1,7-10H2. The number of benzene rings is 3. The Morgan fingerprint density at radius 2 is 1.78 bits per heavy atom. The fourth-order valence-electron chi connectivity index (χ4n) is 4.68. The maximum absolute atomic E-state index is 16.0. The van der Waals surface area contributed by atoms with Crippen molar-refractivity contribution >= 4 is 33.3 Å². The topological polar surface area (TPSA) is 69.6 Å². The number of amides is 1. The second-order valence-electron chi connectivity index (χ2n) is 8.47. The van der Waals surface area contributed by atoms with Crippen LogP contribution in [-0.2, 0) is 11.0 Å². The summed E-state index contributed by atoms with van der Waals surface area (Å²) < 4.78 is 59.1. The number of alkyl halides is 3. The van der Waals surface area contributed by atoms with E-state index in [9.17, 15) is 23.1 Å². The highest BCUT2D eigenvalue weighted by Crippen LogP contribution is 2.45. The molecule has 10 heteroatoms. The summed E-state index contributed by atoms with van der Waals surface area (Å²) in [7, 11) is 0. The lowest BCUT2D eigenvalue weighted by Crippen LogP contribution is -2.48. The SMILES string of the molecule is C=CC(=O)N1CCN(c2cnnc3c(F)c(-c4cc(O)cc5ccccc45)c(C(F)(F)F)cc23)CC1. The third kappa shape index (κ3) is 3.98. The fourth-order valence-corrected chi connectivity index (χ4v) is 4.68. The van der Waals surface area contributed by atoms with Crippen molar-refractivity contribution in [1.82, 2.24) is 15.1 Å². The predicted octanol–water partition coefficient (Wildman–Crippen LogP) is 5.15. The number of phenolic OH excluding ortho intramolecular Hbond substituents is 1. The number of carbonyl (C=O) groups is 1. The van der Waals surface area contributed by atoms with Crippen molar-refractivity contribution in [3.63, 3.8) is 0 Å². The average molecular weight is 496 g/mol. The summed E-state index contributed by atoms with van der Waals surface area (Å²) in [6, 6.07) is 9.91. The number of carbonyl (C=O) groups excluding carboxylic acids is 1. The lowest BCUT2D eigenvalue weighted by molar-refractivity contribution is -0.137. The van der Waals surface area contributed by atoms with E-state index in [-0.39, 0.29) is 28.1 Å². The summed E-state index contributed by atoms with van der Waals surface area (Å²) in [5, 5.41) is 18.7. The molecular weight excluding hydrogens is 476 g/mol. The first-order valence-electron chi connectivity index (χ1n) is 11.1. The largest absolute Gasteiger partial charge is 0.508 e. The molecule has 3 aromatic carbocycles. The molecule has 1 aliphatic heterocycles. The van der Waals surface area contributed by atoms with Crippen LogP contribution in [0, 0.1) is 5.82 Å². The van der Waals surface area contributed by atoms with E-state index in [4.69, 9.17) is 0 Å². The number of nitrogens with zero attached hydrogens (tertiary/aromatic N) is 4. The summed E-state index contributed by atoms with van der Waals surface area (Å²) in [4.78, 5) is 15.2. The number of rotatable bonds is 3. The number of fused-ring (bicyclic) bond motifs is 2. The molecule has 0 radical (unpaired) electrons. The number of halogens is 4. The molecule has 0 atom stereocenters. The first kappa shape index (κ1) is 23.5. The number of hydrogen-bond acceptors (Lipinski definition) is 5. The summed E-state index contributed by atoms with van der Waals surface area (Å²) in [5.74, 6) is -1.70. The minimum absolute atomic E-state index is 0.0356. The van der Waals surface area contributed by atoms with Crippen LogP contribution >= 0.6 is 0 Å². The molecule has 0 saturated carbocycles. The third-order valence-electron chi connectivity index (χ3n) is 6.38. The second kappa shape index (κ2) is 8.78. The van der Waals surface area contributed by atoms with Gasteiger partial charge in [0.05, 0.1) is 17.4 Å². The number of aromatic nitrogens is 2. The van der Waals surface area contributed by atoms with Gasteiger partial charge in [-0.2, -0.15) is 18.3 Å². The molecule has 5 rings (SSSR count). The van der Waals surface area contributed by atoms with Crippen LogP contribution in [0.2, 0.25) is 0 Å². The van der Waals surface area contributed by atoms with E-state index in [0.29, 0.717) is 42.6 Å². The van der Waals surface area contributed by atoms with Crippen LogP contribution in [0.5, 0.6) is 5.75 Å². The van der Waals surface area contributed by atoms with Gasteiger partial charge in [-0.3, -0.25) is 4.79 Å². The maximum Gasteiger partial charge on any atom is 0.417 e. The van der Waals surface area contributed by atoms with Crippen LogP contribution in [0.15, 0.2) is 61.3 Å². The minimum atomic E-state index is -4.90. The Kier molecular flexibility index (Phi) is 5.74. The highest BCUT2D eigenvalue weighted by atomic mass is 19.4. The lowest BCUT2D eigenvalue weighted by Gasteiger charge is -2.36. The second-order valence-corrected chi connectivity index (χ2v) is 8.47. The Bertz CT molecular complexity index is 1510. The monoisotopic (exact) mass is 496 g/mol. The van der Waals surface area contributed by atoms with Crippen molar-refractivity contribution in [2.45, 2.75) is 6.18 Å². The summed E-state index contributed by atoms with van der Waals surface area (Å²) in [6.45, 7) is 4.77. The summed E-state index contributed by atoms with van der Waals surface area (Å²) in [6.07, 6.45) is -2.39. The molecule has 1 N–H and O–H groups in total. The van der Waals surface area contributed by atoms with Gasteiger partial charge in [0.15, 0.2) is 5.82 Å². The van der Waals surface area contributed by atoms with Gasteiger partial charge < -0.3 is 14.9 Å². The minimum Gasteiger partial charge on any atom is -0.508 e. The van der Waals surface area contributed by atoms with Crippen LogP contribution in [0.1, 0.15) is 5.56 Å². The molecule has 1 aliphatic rings. The molecule has 0 aliphatic carbocycles.